The molecule has 2 aliphatic rings. The fourth-order valence-electron chi connectivity index (χ4n) is 4.54. The number of hydrogen-bond acceptors (Lipinski definition) is 3. The standard InChI is InChI=1S/C22H26N2O3/c1-23-15-22(9-8-19(23)25)10-12-24(13-11-22)21(27)20(26)18-7-6-16-4-2-3-5-17(16)14-18/h2-7,14,20,26H,8-13,15H2,1H3/t20-/m1/s1. The molecule has 4 rings (SSSR count). The van der Waals surface area contributed by atoms with Crippen molar-refractivity contribution >= 4 is 22.6 Å². The van der Waals surface area contributed by atoms with Crippen molar-refractivity contribution in [1.82, 2.24) is 9.80 Å². The highest BCUT2D eigenvalue weighted by atomic mass is 16.3. The first kappa shape index (κ1) is 18.0. The summed E-state index contributed by atoms with van der Waals surface area (Å²) in [4.78, 5) is 28.2. The van der Waals surface area contributed by atoms with Crippen LogP contribution in [0, 0.1) is 5.41 Å². The van der Waals surface area contributed by atoms with E-state index in [4.69, 9.17) is 0 Å². The molecule has 27 heavy (non-hydrogen) atoms. The van der Waals surface area contributed by atoms with Crippen LogP contribution in [0.25, 0.3) is 10.8 Å². The number of aliphatic hydroxyl groups excluding tert-OH is 1. The van der Waals surface area contributed by atoms with Crippen LogP contribution in [-0.2, 0) is 9.59 Å². The highest BCUT2D eigenvalue weighted by Crippen LogP contribution is 2.40. The summed E-state index contributed by atoms with van der Waals surface area (Å²) < 4.78 is 0. The average molecular weight is 366 g/mol. The molecule has 0 saturated carbocycles. The summed E-state index contributed by atoms with van der Waals surface area (Å²) in [6, 6.07) is 13.6. The van der Waals surface area contributed by atoms with E-state index in [0.717, 1.165) is 36.6 Å². The van der Waals surface area contributed by atoms with Gasteiger partial charge < -0.3 is 14.9 Å². The number of carbonyl (C=O) groups excluding carboxylic acids is 2. The highest BCUT2D eigenvalue weighted by Gasteiger charge is 2.41. The molecule has 5 nitrogen and oxygen atoms in total. The van der Waals surface area contributed by atoms with Gasteiger partial charge in [-0.1, -0.05) is 36.4 Å². The lowest BCUT2D eigenvalue weighted by Gasteiger charge is -2.46. The third kappa shape index (κ3) is 3.44. The topological polar surface area (TPSA) is 60.9 Å². The first-order chi connectivity index (χ1) is 13.0. The number of nitrogens with zero attached hydrogens (tertiary/aromatic N) is 2. The van der Waals surface area contributed by atoms with E-state index in [-0.39, 0.29) is 17.2 Å². The lowest BCUT2D eigenvalue weighted by molar-refractivity contribution is -0.146. The zero-order chi connectivity index (χ0) is 19.0. The van der Waals surface area contributed by atoms with E-state index in [1.54, 1.807) is 4.90 Å². The fourth-order valence-corrected chi connectivity index (χ4v) is 4.54. The van der Waals surface area contributed by atoms with Crippen molar-refractivity contribution in [3.8, 4) is 0 Å². The summed E-state index contributed by atoms with van der Waals surface area (Å²) >= 11 is 0. The Morgan fingerprint density at radius 2 is 1.78 bits per heavy atom. The van der Waals surface area contributed by atoms with E-state index in [1.165, 1.54) is 0 Å². The largest absolute Gasteiger partial charge is 0.378 e. The van der Waals surface area contributed by atoms with Crippen LogP contribution in [0.15, 0.2) is 42.5 Å². The molecule has 2 fully saturated rings. The van der Waals surface area contributed by atoms with Gasteiger partial charge in [-0.05, 0) is 47.1 Å². The Morgan fingerprint density at radius 1 is 1.07 bits per heavy atom. The number of likely N-dealkylation sites (tertiary alicyclic amines) is 2. The molecule has 2 aromatic carbocycles. The third-order valence-electron chi connectivity index (χ3n) is 6.33. The van der Waals surface area contributed by atoms with Crippen molar-refractivity contribution in [3.63, 3.8) is 0 Å². The van der Waals surface area contributed by atoms with Gasteiger partial charge in [-0.15, -0.1) is 0 Å². The van der Waals surface area contributed by atoms with Crippen molar-refractivity contribution < 1.29 is 14.7 Å². The van der Waals surface area contributed by atoms with Crippen molar-refractivity contribution in [1.29, 1.82) is 0 Å². The van der Waals surface area contributed by atoms with Gasteiger partial charge in [-0.3, -0.25) is 9.59 Å². The van der Waals surface area contributed by atoms with Crippen molar-refractivity contribution in [2.45, 2.75) is 31.8 Å². The maximum Gasteiger partial charge on any atom is 0.256 e. The molecule has 5 heteroatoms. The summed E-state index contributed by atoms with van der Waals surface area (Å²) in [7, 11) is 1.87. The zero-order valence-corrected chi connectivity index (χ0v) is 15.7. The Bertz CT molecular complexity index is 871. The van der Waals surface area contributed by atoms with E-state index in [9.17, 15) is 14.7 Å². The van der Waals surface area contributed by atoms with Gasteiger partial charge in [0.05, 0.1) is 0 Å². The first-order valence-electron chi connectivity index (χ1n) is 9.67. The van der Waals surface area contributed by atoms with Crippen LogP contribution in [0.3, 0.4) is 0 Å². The molecule has 142 valence electrons. The van der Waals surface area contributed by atoms with Crippen LogP contribution < -0.4 is 0 Å². The molecule has 2 amide bonds. The molecular weight excluding hydrogens is 340 g/mol. The second kappa shape index (κ2) is 6.97. The summed E-state index contributed by atoms with van der Waals surface area (Å²) in [6.45, 7) is 2.07. The first-order valence-corrected chi connectivity index (χ1v) is 9.67. The van der Waals surface area contributed by atoms with Crippen LogP contribution in [0.1, 0.15) is 37.4 Å². The molecule has 0 bridgehead atoms. The smallest absolute Gasteiger partial charge is 0.256 e. The predicted octanol–water partition coefficient (Wildman–Crippen LogP) is 2.73. The highest BCUT2D eigenvalue weighted by molar-refractivity contribution is 5.87. The molecular formula is C22H26N2O3. The quantitative estimate of drug-likeness (QED) is 0.889. The van der Waals surface area contributed by atoms with Crippen LogP contribution in [0.4, 0.5) is 0 Å². The fraction of sp³-hybridized carbons (Fsp3) is 0.455. The van der Waals surface area contributed by atoms with Crippen LogP contribution >= 0.6 is 0 Å². The van der Waals surface area contributed by atoms with Gasteiger partial charge in [-0.25, -0.2) is 0 Å². The maximum absolute atomic E-state index is 12.8. The lowest BCUT2D eigenvalue weighted by Crippen LogP contribution is -2.51. The van der Waals surface area contributed by atoms with Crippen molar-refractivity contribution in [2.24, 2.45) is 5.41 Å². The summed E-state index contributed by atoms with van der Waals surface area (Å²) in [5.41, 5.74) is 0.773. The number of benzene rings is 2. The maximum atomic E-state index is 12.8. The van der Waals surface area contributed by atoms with Crippen molar-refractivity contribution in [2.75, 3.05) is 26.7 Å². The number of aliphatic hydroxyl groups is 1. The van der Waals surface area contributed by atoms with Gasteiger partial charge in [0.15, 0.2) is 6.10 Å². The van der Waals surface area contributed by atoms with E-state index >= 15 is 0 Å². The summed E-state index contributed by atoms with van der Waals surface area (Å²) in [6.07, 6.45) is 2.16. The Labute approximate surface area is 159 Å². The molecule has 1 atom stereocenters. The normalized spacial score (nSPS) is 20.9. The Hall–Kier alpha value is -2.40. The molecule has 1 spiro atoms. The minimum atomic E-state index is -1.13. The molecule has 0 aliphatic carbocycles. The predicted molar refractivity (Wildman–Crippen MR) is 104 cm³/mol. The molecule has 2 aromatic rings. The molecule has 2 saturated heterocycles. The van der Waals surface area contributed by atoms with E-state index in [0.29, 0.717) is 25.1 Å². The number of rotatable bonds is 2. The van der Waals surface area contributed by atoms with Gasteiger partial charge in [0.1, 0.15) is 0 Å². The monoisotopic (exact) mass is 366 g/mol. The molecule has 1 N–H and O–H groups in total. The molecule has 0 radical (unpaired) electrons. The third-order valence-corrected chi connectivity index (χ3v) is 6.33. The molecule has 2 heterocycles. The van der Waals surface area contributed by atoms with Crippen molar-refractivity contribution in [3.05, 3.63) is 48.0 Å². The minimum Gasteiger partial charge on any atom is -0.378 e. The Kier molecular flexibility index (Phi) is 4.64. The SMILES string of the molecule is CN1CC2(CCC1=O)CCN(C(=O)[C@H](O)c1ccc3ccccc3c1)CC2. The number of piperidine rings is 2. The second-order valence-electron chi connectivity index (χ2n) is 8.08. The average Bonchev–Trinajstić information content (AvgIpc) is 2.70. The van der Waals surface area contributed by atoms with Gasteiger partial charge >= 0.3 is 0 Å². The number of amides is 2. The Balaban J connectivity index is 1.43. The molecule has 0 aromatic heterocycles. The van der Waals surface area contributed by atoms with Gasteiger partial charge in [0.2, 0.25) is 5.91 Å². The number of carbonyl (C=O) groups is 2. The molecule has 2 aliphatic heterocycles. The van der Waals surface area contributed by atoms with E-state index in [2.05, 4.69) is 0 Å². The van der Waals surface area contributed by atoms with Crippen LogP contribution in [0.5, 0.6) is 0 Å². The summed E-state index contributed by atoms with van der Waals surface area (Å²) in [5.74, 6) is -0.00812. The van der Waals surface area contributed by atoms with Gasteiger partial charge in [0, 0.05) is 33.1 Å². The lowest BCUT2D eigenvalue weighted by atomic mass is 9.72. The van der Waals surface area contributed by atoms with E-state index < -0.39 is 6.10 Å². The zero-order valence-electron chi connectivity index (χ0n) is 15.7. The van der Waals surface area contributed by atoms with E-state index in [1.807, 2.05) is 54.4 Å². The van der Waals surface area contributed by atoms with Gasteiger partial charge in [-0.2, -0.15) is 0 Å². The Morgan fingerprint density at radius 3 is 2.48 bits per heavy atom. The molecule has 0 unspecified atom stereocenters. The summed E-state index contributed by atoms with van der Waals surface area (Å²) in [5, 5.41) is 12.8. The number of fused-ring (bicyclic) bond motifs is 1. The van der Waals surface area contributed by atoms with Crippen LogP contribution in [0.2, 0.25) is 0 Å². The second-order valence-corrected chi connectivity index (χ2v) is 8.08. The number of hydrogen-bond donors (Lipinski definition) is 1. The van der Waals surface area contributed by atoms with Gasteiger partial charge in [0.25, 0.3) is 5.91 Å². The minimum absolute atomic E-state index is 0.132. The van der Waals surface area contributed by atoms with Crippen LogP contribution in [-0.4, -0.2) is 53.4 Å².